The van der Waals surface area contributed by atoms with Gasteiger partial charge >= 0.3 is 0 Å². The zero-order valence-corrected chi connectivity index (χ0v) is 12.5. The monoisotopic (exact) mass is 275 g/mol. The van der Waals surface area contributed by atoms with Crippen LogP contribution in [0, 0.1) is 13.8 Å². The molecule has 1 atom stereocenters. The van der Waals surface area contributed by atoms with Crippen LogP contribution < -0.4 is 0 Å². The molecule has 1 unspecified atom stereocenters. The second kappa shape index (κ2) is 5.47. The molecule has 1 aliphatic heterocycles. The van der Waals surface area contributed by atoms with Crippen molar-refractivity contribution in [2.24, 2.45) is 0 Å². The predicted molar refractivity (Wildman–Crippen MR) is 79.6 cm³/mol. The largest absolute Gasteiger partial charge is 0.298 e. The van der Waals surface area contributed by atoms with Gasteiger partial charge < -0.3 is 0 Å². The summed E-state index contributed by atoms with van der Waals surface area (Å²) in [6, 6.07) is 4.47. The molecule has 3 rings (SSSR count). The van der Waals surface area contributed by atoms with Crippen LogP contribution in [-0.4, -0.2) is 28.2 Å². The van der Waals surface area contributed by atoms with Gasteiger partial charge in [0.2, 0.25) is 0 Å². The summed E-state index contributed by atoms with van der Waals surface area (Å²) in [5.41, 5.74) is 2.80. The van der Waals surface area contributed by atoms with E-state index in [0.717, 1.165) is 13.1 Å². The molecule has 2 aromatic heterocycles. The van der Waals surface area contributed by atoms with Crippen LogP contribution in [0.3, 0.4) is 0 Å². The first-order valence-electron chi connectivity index (χ1n) is 7.00. The van der Waals surface area contributed by atoms with E-state index in [4.69, 9.17) is 0 Å². The molecule has 1 fully saturated rings. The zero-order valence-electron chi connectivity index (χ0n) is 11.6. The van der Waals surface area contributed by atoms with Gasteiger partial charge in [0.15, 0.2) is 0 Å². The molecule has 1 saturated heterocycles. The molecule has 0 aromatic carbocycles. The fourth-order valence-electron chi connectivity index (χ4n) is 3.03. The van der Waals surface area contributed by atoms with Gasteiger partial charge in [-0.2, -0.15) is 5.10 Å². The van der Waals surface area contributed by atoms with Gasteiger partial charge in [0, 0.05) is 40.7 Å². The number of piperidine rings is 1. The lowest BCUT2D eigenvalue weighted by Crippen LogP contribution is -2.34. The van der Waals surface area contributed by atoms with Gasteiger partial charge in [-0.25, -0.2) is 0 Å². The Labute approximate surface area is 118 Å². The number of H-pyrrole nitrogens is 1. The molecule has 3 heterocycles. The molecule has 0 spiro atoms. The van der Waals surface area contributed by atoms with Crippen molar-refractivity contribution >= 4 is 11.3 Å². The fraction of sp³-hybridized carbons (Fsp3) is 0.533. The molecular formula is C15H21N3S. The normalized spacial score (nSPS) is 20.8. The summed E-state index contributed by atoms with van der Waals surface area (Å²) in [6.07, 6.45) is 4.42. The minimum absolute atomic E-state index is 0.622. The number of nitrogens with zero attached hydrogens (tertiary/aromatic N) is 2. The first-order chi connectivity index (χ1) is 9.22. The molecule has 0 radical (unpaired) electrons. The van der Waals surface area contributed by atoms with Crippen molar-refractivity contribution in [3.8, 4) is 0 Å². The zero-order chi connectivity index (χ0) is 13.2. The van der Waals surface area contributed by atoms with Crippen molar-refractivity contribution in [3.63, 3.8) is 0 Å². The van der Waals surface area contributed by atoms with Crippen LogP contribution in [0.4, 0.5) is 0 Å². The average molecular weight is 275 g/mol. The maximum absolute atomic E-state index is 4.08. The maximum atomic E-state index is 4.08. The fourth-order valence-corrected chi connectivity index (χ4v) is 3.97. The predicted octanol–water partition coefficient (Wildman–Crippen LogP) is 3.47. The van der Waals surface area contributed by atoms with E-state index >= 15 is 0 Å². The van der Waals surface area contributed by atoms with E-state index in [-0.39, 0.29) is 0 Å². The van der Waals surface area contributed by atoms with Crippen molar-refractivity contribution in [3.05, 3.63) is 39.3 Å². The molecule has 1 aliphatic rings. The first-order valence-corrected chi connectivity index (χ1v) is 7.81. The summed E-state index contributed by atoms with van der Waals surface area (Å²) in [5.74, 6) is 0.622. The highest BCUT2D eigenvalue weighted by molar-refractivity contribution is 7.12. The topological polar surface area (TPSA) is 31.9 Å². The van der Waals surface area contributed by atoms with Crippen LogP contribution in [0.25, 0.3) is 0 Å². The number of aryl methyl sites for hydroxylation is 2. The highest BCUT2D eigenvalue weighted by Crippen LogP contribution is 2.28. The molecule has 1 N–H and O–H groups in total. The van der Waals surface area contributed by atoms with E-state index in [0.29, 0.717) is 5.92 Å². The molecule has 0 saturated carbocycles. The summed E-state index contributed by atoms with van der Waals surface area (Å²) in [4.78, 5) is 5.49. The second-order valence-corrected chi connectivity index (χ2v) is 6.99. The molecule has 3 nitrogen and oxygen atoms in total. The van der Waals surface area contributed by atoms with Crippen LogP contribution in [0.2, 0.25) is 0 Å². The molecular weight excluding hydrogens is 254 g/mol. The third-order valence-electron chi connectivity index (χ3n) is 4.01. The number of likely N-dealkylation sites (tertiary alicyclic amines) is 1. The summed E-state index contributed by atoms with van der Waals surface area (Å²) in [7, 11) is 0. The highest BCUT2D eigenvalue weighted by atomic mass is 32.1. The van der Waals surface area contributed by atoms with Crippen LogP contribution in [-0.2, 0) is 6.54 Å². The Morgan fingerprint density at radius 1 is 1.47 bits per heavy atom. The summed E-state index contributed by atoms with van der Waals surface area (Å²) in [6.45, 7) is 7.91. The van der Waals surface area contributed by atoms with Crippen molar-refractivity contribution < 1.29 is 0 Å². The lowest BCUT2D eigenvalue weighted by atomic mass is 9.94. The molecule has 4 heteroatoms. The molecule has 19 heavy (non-hydrogen) atoms. The third kappa shape index (κ3) is 2.90. The van der Waals surface area contributed by atoms with Crippen molar-refractivity contribution in [1.29, 1.82) is 0 Å². The van der Waals surface area contributed by atoms with Crippen molar-refractivity contribution in [1.82, 2.24) is 15.1 Å². The van der Waals surface area contributed by atoms with Gasteiger partial charge in [-0.15, -0.1) is 11.3 Å². The highest BCUT2D eigenvalue weighted by Gasteiger charge is 2.22. The first kappa shape index (κ1) is 12.9. The number of aromatic amines is 1. The lowest BCUT2D eigenvalue weighted by molar-refractivity contribution is 0.198. The van der Waals surface area contributed by atoms with Crippen molar-refractivity contribution in [2.45, 2.75) is 39.2 Å². The van der Waals surface area contributed by atoms with Gasteiger partial charge in [0.05, 0.1) is 0 Å². The summed E-state index contributed by atoms with van der Waals surface area (Å²) < 4.78 is 0. The Morgan fingerprint density at radius 3 is 3.05 bits per heavy atom. The molecule has 0 aliphatic carbocycles. The van der Waals surface area contributed by atoms with Crippen LogP contribution in [0.1, 0.15) is 39.8 Å². The van der Waals surface area contributed by atoms with Crippen LogP contribution in [0.15, 0.2) is 18.3 Å². The Morgan fingerprint density at radius 2 is 2.37 bits per heavy atom. The number of hydrogen-bond donors (Lipinski definition) is 1. The second-order valence-electron chi connectivity index (χ2n) is 5.52. The number of rotatable bonds is 3. The maximum Gasteiger partial charge on any atom is 0.0490 e. The average Bonchev–Trinajstić information content (AvgIpc) is 3.01. The summed E-state index contributed by atoms with van der Waals surface area (Å²) in [5, 5.41) is 7.21. The summed E-state index contributed by atoms with van der Waals surface area (Å²) >= 11 is 1.91. The minimum Gasteiger partial charge on any atom is -0.298 e. The van der Waals surface area contributed by atoms with Crippen molar-refractivity contribution in [2.75, 3.05) is 13.1 Å². The van der Waals surface area contributed by atoms with E-state index in [1.54, 1.807) is 0 Å². The number of nitrogens with one attached hydrogen (secondary N) is 1. The van der Waals surface area contributed by atoms with Gasteiger partial charge in [-0.3, -0.25) is 10.00 Å². The van der Waals surface area contributed by atoms with E-state index < -0.39 is 0 Å². The molecule has 0 bridgehead atoms. The smallest absolute Gasteiger partial charge is 0.0490 e. The van der Waals surface area contributed by atoms with Crippen LogP contribution >= 0.6 is 11.3 Å². The molecule has 0 amide bonds. The molecule has 102 valence electrons. The quantitative estimate of drug-likeness (QED) is 0.930. The number of aromatic nitrogens is 2. The van der Waals surface area contributed by atoms with E-state index in [1.807, 2.05) is 17.5 Å². The number of hydrogen-bond acceptors (Lipinski definition) is 3. The lowest BCUT2D eigenvalue weighted by Gasteiger charge is -2.32. The molecule has 2 aromatic rings. The Balaban J connectivity index is 1.67. The SMILES string of the molecule is Cc1cc(CN2CCCC(c3ccn[nH]3)C2)c(C)s1. The Kier molecular flexibility index (Phi) is 3.71. The van der Waals surface area contributed by atoms with Gasteiger partial charge in [-0.05, 0) is 50.9 Å². The van der Waals surface area contributed by atoms with Crippen LogP contribution in [0.5, 0.6) is 0 Å². The van der Waals surface area contributed by atoms with Gasteiger partial charge in [0.1, 0.15) is 0 Å². The Bertz CT molecular complexity index is 530. The minimum atomic E-state index is 0.622. The third-order valence-corrected chi connectivity index (χ3v) is 5.01. The standard InChI is InChI=1S/C15H21N3S/c1-11-8-14(12(2)19-11)10-18-7-3-4-13(9-18)15-5-6-16-17-15/h5-6,8,13H,3-4,7,9-10H2,1-2H3,(H,16,17). The van der Waals surface area contributed by atoms with E-state index in [2.05, 4.69) is 41.1 Å². The number of thiophene rings is 1. The van der Waals surface area contributed by atoms with Gasteiger partial charge in [-0.1, -0.05) is 0 Å². The van der Waals surface area contributed by atoms with E-state index in [1.165, 1.54) is 40.4 Å². The van der Waals surface area contributed by atoms with E-state index in [9.17, 15) is 0 Å². The Hall–Kier alpha value is -1.13. The van der Waals surface area contributed by atoms with Gasteiger partial charge in [0.25, 0.3) is 0 Å².